The van der Waals surface area contributed by atoms with Gasteiger partial charge in [0.1, 0.15) is 29.8 Å². The number of carboxylic acid groups (broad SMARTS) is 1. The molecule has 29 heavy (non-hydrogen) atoms. The van der Waals surface area contributed by atoms with E-state index in [0.717, 1.165) is 28.0 Å². The van der Waals surface area contributed by atoms with Crippen molar-refractivity contribution in [1.29, 1.82) is 0 Å². The van der Waals surface area contributed by atoms with E-state index in [1.54, 1.807) is 0 Å². The maximum absolute atomic E-state index is 12.6. The number of ether oxygens (including phenoxy) is 1. The molecule has 2 unspecified atom stereocenters. The van der Waals surface area contributed by atoms with Gasteiger partial charge in [-0.1, -0.05) is 5.16 Å². The van der Waals surface area contributed by atoms with E-state index in [1.807, 2.05) is 0 Å². The van der Waals surface area contributed by atoms with Crippen LogP contribution in [0.4, 0.5) is 5.13 Å². The Hall–Kier alpha value is -2.42. The number of methoxy groups -OCH3 is 1. The number of anilines is 1. The first kappa shape index (κ1) is 21.3. The fourth-order valence-electron chi connectivity index (χ4n) is 3.26. The van der Waals surface area contributed by atoms with Gasteiger partial charge in [0, 0.05) is 18.2 Å². The Kier molecular flexibility index (Phi) is 5.97. The van der Waals surface area contributed by atoms with Crippen LogP contribution in [0.3, 0.4) is 0 Å². The van der Waals surface area contributed by atoms with Crippen molar-refractivity contribution in [2.75, 3.05) is 32.3 Å². The number of nitrogen functional groups attached to an aromatic ring is 1. The molecule has 2 aliphatic heterocycles. The zero-order valence-electron chi connectivity index (χ0n) is 15.4. The number of nitrogens with two attached hydrogens (primary N) is 1. The van der Waals surface area contributed by atoms with Gasteiger partial charge in [0.2, 0.25) is 5.91 Å². The lowest BCUT2D eigenvalue weighted by Crippen LogP contribution is -2.80. The number of carbonyl (C=O) groups excluding carboxylic acids is 2. The molecule has 4 atom stereocenters. The lowest BCUT2D eigenvalue weighted by molar-refractivity contribution is -0.179. The Labute approximate surface area is 173 Å². The molecule has 2 saturated heterocycles. The molecule has 158 valence electrons. The van der Waals surface area contributed by atoms with E-state index in [9.17, 15) is 24.6 Å². The van der Waals surface area contributed by atoms with Crippen LogP contribution < -0.4 is 11.1 Å². The third-order valence-electron chi connectivity index (χ3n) is 4.45. The van der Waals surface area contributed by atoms with Gasteiger partial charge < -0.3 is 35.7 Å². The van der Waals surface area contributed by atoms with Gasteiger partial charge in [0.25, 0.3) is 5.91 Å². The van der Waals surface area contributed by atoms with Crippen LogP contribution in [0.5, 0.6) is 0 Å². The predicted octanol–water partition coefficient (Wildman–Crippen LogP) is -1.69. The molecule has 2 amide bonds. The largest absolute Gasteiger partial charge is 0.480 e. The van der Waals surface area contributed by atoms with Gasteiger partial charge in [0.15, 0.2) is 16.9 Å². The number of carboxylic acids is 1. The number of aliphatic carboxylic acids is 1. The third-order valence-corrected chi connectivity index (χ3v) is 6.63. The van der Waals surface area contributed by atoms with Gasteiger partial charge in [-0.2, -0.15) is 0 Å². The van der Waals surface area contributed by atoms with E-state index in [-0.39, 0.29) is 28.9 Å². The summed E-state index contributed by atoms with van der Waals surface area (Å²) in [5.41, 5.74) is 3.85. The van der Waals surface area contributed by atoms with Crippen molar-refractivity contribution in [2.24, 2.45) is 5.16 Å². The molecule has 3 rings (SSSR count). The van der Waals surface area contributed by atoms with Crippen LogP contribution in [0.15, 0.2) is 10.5 Å². The van der Waals surface area contributed by atoms with Crippen LogP contribution in [-0.4, -0.2) is 93.2 Å². The Bertz CT molecular complexity index is 862. The van der Waals surface area contributed by atoms with Crippen molar-refractivity contribution in [3.05, 3.63) is 11.1 Å². The topological polar surface area (TPSA) is 177 Å². The summed E-state index contributed by atoms with van der Waals surface area (Å²) in [6.45, 7) is -0.250. The number of oxime groups is 1. The van der Waals surface area contributed by atoms with Crippen LogP contribution in [-0.2, 0) is 24.0 Å². The number of thiazole rings is 1. The maximum atomic E-state index is 12.6. The van der Waals surface area contributed by atoms with E-state index in [1.165, 1.54) is 19.6 Å². The number of amides is 2. The second-order valence-electron chi connectivity index (χ2n) is 6.37. The van der Waals surface area contributed by atoms with E-state index in [4.69, 9.17) is 10.5 Å². The van der Waals surface area contributed by atoms with Crippen LogP contribution >= 0.6 is 23.1 Å². The quantitative estimate of drug-likeness (QED) is 0.215. The summed E-state index contributed by atoms with van der Waals surface area (Å²) in [4.78, 5) is 46.7. The van der Waals surface area contributed by atoms with Gasteiger partial charge in [-0.3, -0.25) is 9.59 Å². The van der Waals surface area contributed by atoms with Crippen LogP contribution in [0, 0.1) is 0 Å². The van der Waals surface area contributed by atoms with Gasteiger partial charge in [-0.15, -0.1) is 23.1 Å². The van der Waals surface area contributed by atoms with Crippen molar-refractivity contribution >= 4 is 51.7 Å². The molecule has 2 fully saturated rings. The standard InChI is InChI=1S/C15H19N5O7S2/c1-26-4-15(25)5-29-12-8(11(22)20(12)9(15)13(23)24)18-10(21)7(19-27-2)6-3-28-14(16)17-6/h3,8-9,12,25H,4-5H2,1-2H3,(H2,16,17)(H,18,21)(H,23,24)/b19-7-/t8-,9?,12-,15?/m1/s1. The first-order valence-electron chi connectivity index (χ1n) is 8.24. The molecule has 0 saturated carbocycles. The highest BCUT2D eigenvalue weighted by Crippen LogP contribution is 2.42. The summed E-state index contributed by atoms with van der Waals surface area (Å²) in [7, 11) is 2.58. The number of aliphatic hydroxyl groups is 1. The number of nitrogens with one attached hydrogen (secondary N) is 1. The van der Waals surface area contributed by atoms with Crippen LogP contribution in [0.1, 0.15) is 5.69 Å². The Balaban J connectivity index is 1.77. The molecule has 14 heteroatoms. The highest BCUT2D eigenvalue weighted by atomic mass is 32.2. The molecule has 3 heterocycles. The number of nitrogens with zero attached hydrogens (tertiary/aromatic N) is 3. The molecule has 0 aliphatic carbocycles. The molecule has 5 N–H and O–H groups in total. The molecule has 0 bridgehead atoms. The number of hydrogen-bond donors (Lipinski definition) is 4. The first-order chi connectivity index (χ1) is 13.7. The van der Waals surface area contributed by atoms with Crippen LogP contribution in [0.2, 0.25) is 0 Å². The van der Waals surface area contributed by atoms with Gasteiger partial charge in [-0.25, -0.2) is 9.78 Å². The third kappa shape index (κ3) is 3.75. The molecule has 1 aromatic rings. The Morgan fingerprint density at radius 2 is 2.24 bits per heavy atom. The fourth-order valence-corrected chi connectivity index (χ4v) is 5.27. The molecule has 0 spiro atoms. The average Bonchev–Trinajstić information content (AvgIpc) is 3.09. The zero-order chi connectivity index (χ0) is 21.3. The second-order valence-corrected chi connectivity index (χ2v) is 8.36. The first-order valence-corrected chi connectivity index (χ1v) is 10.2. The minimum absolute atomic E-state index is 0.0141. The van der Waals surface area contributed by atoms with Gasteiger partial charge >= 0.3 is 5.97 Å². The molecule has 1 aromatic heterocycles. The van der Waals surface area contributed by atoms with Gasteiger partial charge in [0.05, 0.1) is 6.61 Å². The monoisotopic (exact) mass is 445 g/mol. The number of rotatable bonds is 7. The molecule has 12 nitrogen and oxygen atoms in total. The predicted molar refractivity (Wildman–Crippen MR) is 103 cm³/mol. The summed E-state index contributed by atoms with van der Waals surface area (Å²) >= 11 is 2.26. The lowest BCUT2D eigenvalue weighted by Gasteiger charge is -2.56. The summed E-state index contributed by atoms with van der Waals surface area (Å²) in [5, 5.41) is 27.5. The summed E-state index contributed by atoms with van der Waals surface area (Å²) in [6, 6.07) is -2.47. The van der Waals surface area contributed by atoms with E-state index >= 15 is 0 Å². The molecular formula is C15H19N5O7S2. The van der Waals surface area contributed by atoms with Crippen LogP contribution in [0.25, 0.3) is 0 Å². The summed E-state index contributed by atoms with van der Waals surface area (Å²) in [5.74, 6) is -2.69. The highest BCUT2D eigenvalue weighted by molar-refractivity contribution is 8.00. The Morgan fingerprint density at radius 1 is 1.52 bits per heavy atom. The maximum Gasteiger partial charge on any atom is 0.329 e. The number of hydrogen-bond acceptors (Lipinski definition) is 11. The highest BCUT2D eigenvalue weighted by Gasteiger charge is 2.62. The molecule has 2 aliphatic rings. The van der Waals surface area contributed by atoms with Crippen molar-refractivity contribution in [3.63, 3.8) is 0 Å². The molecule has 0 aromatic carbocycles. The van der Waals surface area contributed by atoms with E-state index < -0.39 is 40.8 Å². The fraction of sp³-hybridized carbons (Fsp3) is 0.533. The number of aromatic nitrogens is 1. The SMILES string of the molecule is COCC1(O)CS[C@@H]2[C@H](NC(=O)/C(=N\OC)c3csc(N)n3)C(=O)N2C1C(=O)O. The minimum Gasteiger partial charge on any atom is -0.480 e. The average molecular weight is 445 g/mol. The number of carbonyl (C=O) groups is 3. The second kappa shape index (κ2) is 8.14. The summed E-state index contributed by atoms with van der Waals surface area (Å²) < 4.78 is 4.93. The number of β-lactam (4-membered cyclic amide) rings is 1. The molecular weight excluding hydrogens is 426 g/mol. The van der Waals surface area contributed by atoms with Crippen molar-refractivity contribution in [1.82, 2.24) is 15.2 Å². The summed E-state index contributed by atoms with van der Waals surface area (Å²) in [6.07, 6.45) is 0. The van der Waals surface area contributed by atoms with Crippen molar-refractivity contribution in [3.8, 4) is 0 Å². The normalized spacial score (nSPS) is 29.1. The Morgan fingerprint density at radius 3 is 2.79 bits per heavy atom. The van der Waals surface area contributed by atoms with E-state index in [2.05, 4.69) is 20.3 Å². The zero-order valence-corrected chi connectivity index (χ0v) is 17.0. The lowest BCUT2D eigenvalue weighted by atomic mass is 9.90. The molecule has 0 radical (unpaired) electrons. The number of fused-ring (bicyclic) bond motifs is 1. The van der Waals surface area contributed by atoms with Crippen molar-refractivity contribution in [2.45, 2.75) is 23.1 Å². The number of thioether (sulfide) groups is 1. The van der Waals surface area contributed by atoms with Crippen molar-refractivity contribution < 1.29 is 34.2 Å². The minimum atomic E-state index is -1.74. The van der Waals surface area contributed by atoms with E-state index in [0.29, 0.717) is 0 Å². The van der Waals surface area contributed by atoms with Gasteiger partial charge in [-0.05, 0) is 0 Å². The smallest absolute Gasteiger partial charge is 0.329 e.